The average molecular weight is 441 g/mol. The summed E-state index contributed by atoms with van der Waals surface area (Å²) in [4.78, 5) is 24.0. The van der Waals surface area contributed by atoms with Crippen LogP contribution in [0.15, 0.2) is 41.6 Å². The van der Waals surface area contributed by atoms with E-state index in [1.807, 2.05) is 6.07 Å². The highest BCUT2D eigenvalue weighted by Crippen LogP contribution is 2.25. The molecule has 0 saturated carbocycles. The van der Waals surface area contributed by atoms with Crippen molar-refractivity contribution in [2.24, 2.45) is 0 Å². The molecule has 1 fully saturated rings. The van der Waals surface area contributed by atoms with Gasteiger partial charge in [0, 0.05) is 42.8 Å². The predicted octanol–water partition coefficient (Wildman–Crippen LogP) is -0.904. The molecular weight excluding hydrogens is 418 g/mol. The smallest absolute Gasteiger partial charge is 0.335 e. The topological polar surface area (TPSA) is 177 Å². The lowest BCUT2D eigenvalue weighted by Crippen LogP contribution is -2.39. The summed E-state index contributed by atoms with van der Waals surface area (Å²) in [5.74, 6) is -3.54. The fourth-order valence-corrected chi connectivity index (χ4v) is 4.48. The van der Waals surface area contributed by atoms with Crippen molar-refractivity contribution < 1.29 is 38.4 Å². The molecule has 0 amide bonds. The second-order valence-corrected chi connectivity index (χ2v) is 8.33. The van der Waals surface area contributed by atoms with Gasteiger partial charge in [-0.1, -0.05) is 12.1 Å². The molecule has 3 rings (SSSR count). The zero-order valence-electron chi connectivity index (χ0n) is 15.9. The molecular formula is C18H23N3O8S. The summed E-state index contributed by atoms with van der Waals surface area (Å²) >= 11 is 0. The number of nitrogens with one attached hydrogen (secondary N) is 1. The van der Waals surface area contributed by atoms with Crippen molar-refractivity contribution in [3.8, 4) is 0 Å². The van der Waals surface area contributed by atoms with E-state index < -0.39 is 34.2 Å². The molecule has 0 radical (unpaired) electrons. The standard InChI is InChI=1S/C14H17N3O2S.C4H6O6/c18-20(19,17-9-2-6-15-8-10-17)14-4-1-3-12-11-16-7-5-13(12)14;5-1(3(7)8)2(6)4(9)10/h1,3-5,7,11,15H,2,6,8-10H2;1-2,5-6H,(H,7,8)(H,9,10). The third-order valence-electron chi connectivity index (χ3n) is 4.36. The van der Waals surface area contributed by atoms with Crippen molar-refractivity contribution in [1.29, 1.82) is 0 Å². The first-order valence-electron chi connectivity index (χ1n) is 9.01. The van der Waals surface area contributed by atoms with Crippen LogP contribution in [0, 0.1) is 0 Å². The van der Waals surface area contributed by atoms with Crippen LogP contribution in [0.4, 0.5) is 0 Å². The van der Waals surface area contributed by atoms with Gasteiger partial charge in [-0.25, -0.2) is 18.0 Å². The van der Waals surface area contributed by atoms with Gasteiger partial charge in [-0.2, -0.15) is 4.31 Å². The van der Waals surface area contributed by atoms with Crippen molar-refractivity contribution >= 4 is 32.7 Å². The highest BCUT2D eigenvalue weighted by molar-refractivity contribution is 7.89. The van der Waals surface area contributed by atoms with E-state index in [0.717, 1.165) is 23.7 Å². The van der Waals surface area contributed by atoms with Gasteiger partial charge in [0.1, 0.15) is 0 Å². The van der Waals surface area contributed by atoms with E-state index in [9.17, 15) is 18.0 Å². The largest absolute Gasteiger partial charge is 0.479 e. The molecule has 0 spiro atoms. The number of rotatable bonds is 5. The number of hydrogen-bond acceptors (Lipinski definition) is 8. The number of aliphatic carboxylic acids is 2. The predicted molar refractivity (Wildman–Crippen MR) is 105 cm³/mol. The molecule has 30 heavy (non-hydrogen) atoms. The summed E-state index contributed by atoms with van der Waals surface area (Å²) < 4.78 is 27.2. The van der Waals surface area contributed by atoms with Gasteiger partial charge in [0.05, 0.1) is 4.90 Å². The fourth-order valence-electron chi connectivity index (χ4n) is 2.79. The number of carbonyl (C=O) groups is 2. The molecule has 11 nitrogen and oxygen atoms in total. The van der Waals surface area contributed by atoms with Crippen LogP contribution in [0.5, 0.6) is 0 Å². The second kappa shape index (κ2) is 10.4. The van der Waals surface area contributed by atoms with Gasteiger partial charge in [0.25, 0.3) is 0 Å². The van der Waals surface area contributed by atoms with E-state index in [1.54, 1.807) is 34.9 Å². The quantitative estimate of drug-likeness (QED) is 0.390. The minimum Gasteiger partial charge on any atom is -0.479 e. The number of hydrogen-bond donors (Lipinski definition) is 5. The summed E-state index contributed by atoms with van der Waals surface area (Å²) in [7, 11) is -3.45. The van der Waals surface area contributed by atoms with Crippen molar-refractivity contribution in [3.05, 3.63) is 36.7 Å². The number of carboxylic acids is 2. The number of nitrogens with zero attached hydrogens (tertiary/aromatic N) is 2. The molecule has 1 aromatic carbocycles. The number of pyridine rings is 1. The summed E-state index contributed by atoms with van der Waals surface area (Å²) in [6, 6.07) is 7.09. The van der Waals surface area contributed by atoms with Crippen LogP contribution in [0.3, 0.4) is 0 Å². The van der Waals surface area contributed by atoms with Gasteiger partial charge in [-0.15, -0.1) is 0 Å². The van der Waals surface area contributed by atoms with Crippen molar-refractivity contribution in [3.63, 3.8) is 0 Å². The van der Waals surface area contributed by atoms with Gasteiger partial charge in [-0.05, 0) is 25.1 Å². The number of aromatic nitrogens is 1. The molecule has 1 aliphatic rings. The van der Waals surface area contributed by atoms with Crippen LogP contribution < -0.4 is 5.32 Å². The lowest BCUT2D eigenvalue weighted by molar-refractivity contribution is -0.165. The van der Waals surface area contributed by atoms with Crippen molar-refractivity contribution in [1.82, 2.24) is 14.6 Å². The van der Waals surface area contributed by atoms with Gasteiger partial charge in [-0.3, -0.25) is 4.98 Å². The van der Waals surface area contributed by atoms with Crippen LogP contribution in [0.25, 0.3) is 10.8 Å². The van der Waals surface area contributed by atoms with E-state index in [1.165, 1.54) is 0 Å². The van der Waals surface area contributed by atoms with Crippen LogP contribution in [0.1, 0.15) is 6.42 Å². The Morgan fingerprint density at radius 2 is 1.70 bits per heavy atom. The highest BCUT2D eigenvalue weighted by atomic mass is 32.2. The Morgan fingerprint density at radius 3 is 2.33 bits per heavy atom. The third kappa shape index (κ3) is 5.70. The van der Waals surface area contributed by atoms with E-state index in [-0.39, 0.29) is 0 Å². The molecule has 0 bridgehead atoms. The second-order valence-electron chi connectivity index (χ2n) is 6.43. The van der Waals surface area contributed by atoms with E-state index in [4.69, 9.17) is 20.4 Å². The Balaban J connectivity index is 0.000000274. The Kier molecular flexibility index (Phi) is 8.20. The fraction of sp³-hybridized carbons (Fsp3) is 0.389. The molecule has 0 aliphatic carbocycles. The molecule has 2 atom stereocenters. The first-order valence-corrected chi connectivity index (χ1v) is 10.5. The summed E-state index contributed by atoms with van der Waals surface area (Å²) in [5.41, 5.74) is 0. The number of aliphatic hydroxyl groups is 2. The maximum absolute atomic E-state index is 12.8. The normalized spacial score (nSPS) is 17.3. The molecule has 2 unspecified atom stereocenters. The SMILES string of the molecule is O=C(O)C(O)C(O)C(=O)O.O=S(=O)(c1cccc2cnccc12)N1CCCNCC1. The number of carboxylic acid groups (broad SMARTS) is 2. The summed E-state index contributed by atoms with van der Waals surface area (Å²) in [5, 5.41) is 37.3. The van der Waals surface area contributed by atoms with Gasteiger partial charge < -0.3 is 25.7 Å². The van der Waals surface area contributed by atoms with Crippen molar-refractivity contribution in [2.45, 2.75) is 23.5 Å². The van der Waals surface area contributed by atoms with E-state index in [0.29, 0.717) is 24.5 Å². The Hall–Kier alpha value is -2.64. The maximum atomic E-state index is 12.8. The zero-order chi connectivity index (χ0) is 22.3. The number of benzene rings is 1. The minimum absolute atomic E-state index is 0.374. The van der Waals surface area contributed by atoms with E-state index >= 15 is 0 Å². The van der Waals surface area contributed by atoms with Gasteiger partial charge in [0.15, 0.2) is 12.2 Å². The molecule has 12 heteroatoms. The Labute approximate surface area is 172 Å². The molecule has 5 N–H and O–H groups in total. The summed E-state index contributed by atoms with van der Waals surface area (Å²) in [6.45, 7) is 2.65. The van der Waals surface area contributed by atoms with Crippen LogP contribution in [-0.2, 0) is 19.6 Å². The van der Waals surface area contributed by atoms with Crippen LogP contribution in [-0.4, -0.2) is 88.5 Å². The zero-order valence-corrected chi connectivity index (χ0v) is 16.7. The average Bonchev–Trinajstić information content (AvgIpc) is 3.02. The Morgan fingerprint density at radius 1 is 1.03 bits per heavy atom. The highest BCUT2D eigenvalue weighted by Gasteiger charge is 2.29. The third-order valence-corrected chi connectivity index (χ3v) is 6.32. The van der Waals surface area contributed by atoms with Gasteiger partial charge in [0.2, 0.25) is 10.0 Å². The molecule has 1 aromatic heterocycles. The molecule has 164 valence electrons. The maximum Gasteiger partial charge on any atom is 0.335 e. The molecule has 2 heterocycles. The molecule has 1 saturated heterocycles. The lowest BCUT2D eigenvalue weighted by Gasteiger charge is -2.20. The monoisotopic (exact) mass is 441 g/mol. The number of fused-ring (bicyclic) bond motifs is 1. The van der Waals surface area contributed by atoms with Crippen LogP contribution in [0.2, 0.25) is 0 Å². The minimum atomic E-state index is -3.45. The number of sulfonamides is 1. The number of aliphatic hydroxyl groups excluding tert-OH is 2. The molecule has 2 aromatic rings. The molecule has 1 aliphatic heterocycles. The van der Waals surface area contributed by atoms with E-state index in [2.05, 4.69) is 10.3 Å². The first kappa shape index (κ1) is 23.6. The van der Waals surface area contributed by atoms with Gasteiger partial charge >= 0.3 is 11.9 Å². The first-order chi connectivity index (χ1) is 14.2. The summed E-state index contributed by atoms with van der Waals surface area (Å²) in [6.07, 6.45) is -0.370. The Bertz CT molecular complexity index is 967. The lowest BCUT2D eigenvalue weighted by atomic mass is 10.2. The van der Waals surface area contributed by atoms with Crippen LogP contribution >= 0.6 is 0 Å². The van der Waals surface area contributed by atoms with Crippen molar-refractivity contribution in [2.75, 3.05) is 26.2 Å².